The Kier molecular flexibility index (Phi) is 4.75. The molecular weight excluding hydrogens is 532 g/mol. The van der Waals surface area contributed by atoms with Gasteiger partial charge in [0.15, 0.2) is 0 Å². The molecule has 3 aromatic heterocycles. The molecule has 0 atom stereocenters. The molecule has 0 aliphatic rings. The highest BCUT2D eigenvalue weighted by atomic mass is 14.9. The molecule has 44 heavy (non-hydrogen) atoms. The number of para-hydroxylation sites is 1. The highest BCUT2D eigenvalue weighted by Crippen LogP contribution is 2.42. The lowest BCUT2D eigenvalue weighted by atomic mass is 9.99. The number of H-pyrrole nitrogens is 1. The van der Waals surface area contributed by atoms with E-state index in [0.717, 1.165) is 5.52 Å². The predicted octanol–water partition coefficient (Wildman–Crippen LogP) is 11.5. The number of nitrogens with one attached hydrogen (secondary N) is 1. The molecule has 1 N–H and O–H groups in total. The molecule has 3 heterocycles. The fourth-order valence-corrected chi connectivity index (χ4v) is 7.36. The first kappa shape index (κ1) is 23.7. The van der Waals surface area contributed by atoms with E-state index in [9.17, 15) is 0 Å². The van der Waals surface area contributed by atoms with Crippen LogP contribution >= 0.6 is 0 Å². The number of aromatic nitrogens is 2. The van der Waals surface area contributed by atoms with Crippen LogP contribution in [0.2, 0.25) is 0 Å². The topological polar surface area (TPSA) is 20.2 Å². The minimum absolute atomic E-state index is 1.16. The summed E-state index contributed by atoms with van der Waals surface area (Å²) in [4.78, 5) is 3.63. The zero-order valence-corrected chi connectivity index (χ0v) is 23.9. The highest BCUT2D eigenvalue weighted by Gasteiger charge is 2.18. The Morgan fingerprint density at radius 1 is 0.318 bits per heavy atom. The third-order valence-corrected chi connectivity index (χ3v) is 9.46. The van der Waals surface area contributed by atoms with Crippen molar-refractivity contribution in [3.8, 4) is 33.4 Å². The van der Waals surface area contributed by atoms with Gasteiger partial charge in [-0.3, -0.25) is 0 Å². The SMILES string of the molecule is c1ccc(-c2ccc3[nH]c4ccc(-c5ccc6c(c5)c5cccc7c8ccc(-c9ccccc9)cc8n6c57)cc4c3c2)cc1. The number of aromatic amines is 1. The van der Waals surface area contributed by atoms with Crippen molar-refractivity contribution in [2.75, 3.05) is 0 Å². The first-order valence-electron chi connectivity index (χ1n) is 15.2. The highest BCUT2D eigenvalue weighted by molar-refractivity contribution is 6.24. The number of hydrogen-bond acceptors (Lipinski definition) is 0. The van der Waals surface area contributed by atoms with Gasteiger partial charge in [0.05, 0.1) is 16.6 Å². The second-order valence-electron chi connectivity index (χ2n) is 11.9. The average molecular weight is 559 g/mol. The van der Waals surface area contributed by atoms with Gasteiger partial charge in [0.1, 0.15) is 0 Å². The van der Waals surface area contributed by atoms with Gasteiger partial charge < -0.3 is 9.38 Å². The van der Waals surface area contributed by atoms with E-state index in [1.807, 2.05) is 0 Å². The molecular formula is C42H26N2. The molecule has 0 spiro atoms. The van der Waals surface area contributed by atoms with Crippen LogP contribution in [0.1, 0.15) is 0 Å². The van der Waals surface area contributed by atoms with Gasteiger partial charge in [-0.05, 0) is 75.8 Å². The lowest BCUT2D eigenvalue weighted by Crippen LogP contribution is -1.84. The first-order chi connectivity index (χ1) is 21.8. The Balaban J connectivity index is 1.17. The minimum Gasteiger partial charge on any atom is -0.355 e. The quantitative estimate of drug-likeness (QED) is 0.223. The third kappa shape index (κ3) is 3.31. The molecule has 0 aliphatic carbocycles. The van der Waals surface area contributed by atoms with Crippen LogP contribution in [-0.4, -0.2) is 9.38 Å². The van der Waals surface area contributed by atoms with E-state index in [0.29, 0.717) is 0 Å². The van der Waals surface area contributed by atoms with Crippen LogP contribution in [0.4, 0.5) is 0 Å². The normalized spacial score (nSPS) is 12.1. The minimum atomic E-state index is 1.16. The van der Waals surface area contributed by atoms with Crippen LogP contribution in [0.15, 0.2) is 152 Å². The molecule has 10 aromatic rings. The maximum Gasteiger partial charge on any atom is 0.0620 e. The van der Waals surface area contributed by atoms with Crippen molar-refractivity contribution in [3.05, 3.63) is 152 Å². The summed E-state index contributed by atoms with van der Waals surface area (Å²) in [6.07, 6.45) is 0. The lowest BCUT2D eigenvalue weighted by Gasteiger charge is -2.06. The Morgan fingerprint density at radius 3 is 1.50 bits per heavy atom. The number of fused-ring (bicyclic) bond motifs is 9. The first-order valence-corrected chi connectivity index (χ1v) is 15.2. The zero-order valence-electron chi connectivity index (χ0n) is 23.9. The molecule has 204 valence electrons. The Morgan fingerprint density at radius 2 is 0.841 bits per heavy atom. The van der Waals surface area contributed by atoms with E-state index in [1.54, 1.807) is 0 Å². The van der Waals surface area contributed by atoms with Crippen molar-refractivity contribution in [1.82, 2.24) is 9.38 Å². The van der Waals surface area contributed by atoms with Gasteiger partial charge in [0, 0.05) is 43.4 Å². The lowest BCUT2D eigenvalue weighted by molar-refractivity contribution is 1.37. The van der Waals surface area contributed by atoms with Gasteiger partial charge in [0.2, 0.25) is 0 Å². The van der Waals surface area contributed by atoms with Crippen LogP contribution in [0.25, 0.3) is 93.3 Å². The molecule has 0 amide bonds. The van der Waals surface area contributed by atoms with Crippen LogP contribution < -0.4 is 0 Å². The van der Waals surface area contributed by atoms with E-state index in [-0.39, 0.29) is 0 Å². The second kappa shape index (κ2) is 8.82. The van der Waals surface area contributed by atoms with Crippen molar-refractivity contribution in [3.63, 3.8) is 0 Å². The van der Waals surface area contributed by atoms with E-state index < -0.39 is 0 Å². The molecule has 0 bridgehead atoms. The van der Waals surface area contributed by atoms with Gasteiger partial charge in [-0.15, -0.1) is 0 Å². The van der Waals surface area contributed by atoms with Crippen molar-refractivity contribution in [1.29, 1.82) is 0 Å². The van der Waals surface area contributed by atoms with E-state index in [1.165, 1.54) is 87.8 Å². The Bertz CT molecular complexity index is 2690. The molecule has 7 aromatic carbocycles. The standard InChI is InChI=1S/C42H26N2/c1-3-8-26(9-4-1)28-15-19-38-35(22-28)36-23-29(16-20-39(36)43-38)30-17-21-40-37(24-30)34-13-7-12-33-32-18-14-31(27-10-5-2-6-11-27)25-41(32)44(40)42(33)34/h1-25,43H. The van der Waals surface area contributed by atoms with Gasteiger partial charge >= 0.3 is 0 Å². The number of nitrogens with zero attached hydrogens (tertiary/aromatic N) is 1. The molecule has 0 aliphatic heterocycles. The Hall–Kier alpha value is -5.86. The summed E-state index contributed by atoms with van der Waals surface area (Å²) in [5.74, 6) is 0. The molecule has 0 radical (unpaired) electrons. The molecule has 2 nitrogen and oxygen atoms in total. The predicted molar refractivity (Wildman–Crippen MR) is 187 cm³/mol. The smallest absolute Gasteiger partial charge is 0.0620 e. The van der Waals surface area contributed by atoms with Crippen LogP contribution in [0.5, 0.6) is 0 Å². The van der Waals surface area contributed by atoms with Crippen molar-refractivity contribution in [2.45, 2.75) is 0 Å². The van der Waals surface area contributed by atoms with Crippen molar-refractivity contribution in [2.24, 2.45) is 0 Å². The zero-order chi connectivity index (χ0) is 28.8. The molecule has 10 rings (SSSR count). The summed E-state index contributed by atoms with van der Waals surface area (Å²) in [6, 6.07) is 55.5. The number of benzene rings is 7. The molecule has 2 heteroatoms. The fourth-order valence-electron chi connectivity index (χ4n) is 7.36. The molecule has 0 saturated carbocycles. The second-order valence-corrected chi connectivity index (χ2v) is 11.9. The summed E-state index contributed by atoms with van der Waals surface area (Å²) >= 11 is 0. The monoisotopic (exact) mass is 558 g/mol. The van der Waals surface area contributed by atoms with Crippen molar-refractivity contribution >= 4 is 59.9 Å². The van der Waals surface area contributed by atoms with Gasteiger partial charge in [-0.25, -0.2) is 0 Å². The fraction of sp³-hybridized carbons (Fsp3) is 0. The van der Waals surface area contributed by atoms with Crippen molar-refractivity contribution < 1.29 is 0 Å². The van der Waals surface area contributed by atoms with E-state index in [2.05, 4.69) is 161 Å². The summed E-state index contributed by atoms with van der Waals surface area (Å²) < 4.78 is 2.47. The van der Waals surface area contributed by atoms with Gasteiger partial charge in [0.25, 0.3) is 0 Å². The van der Waals surface area contributed by atoms with Crippen LogP contribution in [0, 0.1) is 0 Å². The van der Waals surface area contributed by atoms with Crippen LogP contribution in [0.3, 0.4) is 0 Å². The van der Waals surface area contributed by atoms with Gasteiger partial charge in [-0.1, -0.05) is 109 Å². The molecule has 0 fully saturated rings. The Labute approximate surface area is 253 Å². The average Bonchev–Trinajstić information content (AvgIpc) is 3.74. The summed E-state index contributed by atoms with van der Waals surface area (Å²) in [6.45, 7) is 0. The maximum absolute atomic E-state index is 3.63. The van der Waals surface area contributed by atoms with E-state index >= 15 is 0 Å². The molecule has 0 unspecified atom stereocenters. The third-order valence-electron chi connectivity index (χ3n) is 9.46. The number of rotatable bonds is 3. The van der Waals surface area contributed by atoms with Gasteiger partial charge in [-0.2, -0.15) is 0 Å². The summed E-state index contributed by atoms with van der Waals surface area (Å²) in [5, 5.41) is 7.72. The number of hydrogen-bond donors (Lipinski definition) is 1. The summed E-state index contributed by atoms with van der Waals surface area (Å²) in [7, 11) is 0. The molecule has 0 saturated heterocycles. The largest absolute Gasteiger partial charge is 0.355 e. The van der Waals surface area contributed by atoms with E-state index in [4.69, 9.17) is 0 Å². The maximum atomic E-state index is 3.63. The van der Waals surface area contributed by atoms with Crippen LogP contribution in [-0.2, 0) is 0 Å². The summed E-state index contributed by atoms with van der Waals surface area (Å²) in [5.41, 5.74) is 13.6.